The number of unbranched alkanes of at least 4 members (excludes halogenated alkanes) is 11. The van der Waals surface area contributed by atoms with Crippen LogP contribution in [0.15, 0.2) is 96.2 Å². The highest BCUT2D eigenvalue weighted by atomic mass is 19.1. The molecule has 1 amide bonds. The number of non-ortho nitro benzene ring substituents is 1. The maximum Gasteiger partial charge on any atom is 0.410 e. The van der Waals surface area contributed by atoms with Crippen molar-refractivity contribution in [3.63, 3.8) is 0 Å². The van der Waals surface area contributed by atoms with Gasteiger partial charge in [0.05, 0.1) is 29.8 Å². The minimum Gasteiger partial charge on any atom is -0.508 e. The fourth-order valence-electron chi connectivity index (χ4n) is 10.5. The highest BCUT2D eigenvalue weighted by Gasteiger charge is 2.65. The topological polar surface area (TPSA) is 173 Å². The third kappa shape index (κ3) is 13.5. The van der Waals surface area contributed by atoms with Crippen LogP contribution in [0, 0.1) is 33.7 Å². The van der Waals surface area contributed by atoms with E-state index in [1.807, 2.05) is 0 Å². The van der Waals surface area contributed by atoms with E-state index in [4.69, 9.17) is 24.2 Å². The summed E-state index contributed by atoms with van der Waals surface area (Å²) >= 11 is 0. The number of halogens is 1. The number of phenolic OH excluding ortho intramolecular Hbond substituents is 1. The highest BCUT2D eigenvalue weighted by molar-refractivity contribution is 6.03. The van der Waals surface area contributed by atoms with Crippen molar-refractivity contribution in [1.82, 2.24) is 4.90 Å². The Bertz CT molecular complexity index is 2130. The van der Waals surface area contributed by atoms with Crippen LogP contribution in [0.25, 0.3) is 0 Å². The van der Waals surface area contributed by atoms with Crippen LogP contribution >= 0.6 is 0 Å². The van der Waals surface area contributed by atoms with Crippen LogP contribution in [0.4, 0.5) is 14.9 Å². The largest absolute Gasteiger partial charge is 0.508 e. The van der Waals surface area contributed by atoms with E-state index < -0.39 is 34.6 Å². The summed E-state index contributed by atoms with van der Waals surface area (Å²) in [5.74, 6) is -2.50. The van der Waals surface area contributed by atoms with Crippen molar-refractivity contribution in [2.24, 2.45) is 22.9 Å². The number of phenols is 1. The highest BCUT2D eigenvalue weighted by Crippen LogP contribution is 2.62. The zero-order valence-corrected chi connectivity index (χ0v) is 39.8. The van der Waals surface area contributed by atoms with Crippen LogP contribution in [0.5, 0.6) is 11.5 Å². The van der Waals surface area contributed by atoms with Crippen LogP contribution in [-0.2, 0) is 27.5 Å². The lowest BCUT2D eigenvalue weighted by Crippen LogP contribution is -2.70. The molecule has 0 spiro atoms. The number of allylic oxidation sites excluding steroid dienone is 1. The molecule has 0 radical (unpaired) electrons. The molecule has 6 rings (SSSR count). The number of carbonyl (C=O) groups is 1. The van der Waals surface area contributed by atoms with Crippen LogP contribution in [-0.4, -0.2) is 75.2 Å². The SMILES string of the molecule is C=CCOC12Oc3ccc(O)cc3C3C(CCCCO)C(CCCCO)C=C(C(=NOCc4ccc([N+](=O)[O-])cc4)CC1N(Cc1ccc(F)cc1)C(=O)OCCCCCCCCCCCC)C32. The molecule has 3 N–H and O–H groups in total. The van der Waals surface area contributed by atoms with Crippen molar-refractivity contribution in [3.05, 3.63) is 124 Å². The summed E-state index contributed by atoms with van der Waals surface area (Å²) in [6, 6.07) is 16.2. The summed E-state index contributed by atoms with van der Waals surface area (Å²) < 4.78 is 34.8. The molecule has 1 heterocycles. The normalized spacial score (nSPS) is 22.1. The van der Waals surface area contributed by atoms with Crippen molar-refractivity contribution in [1.29, 1.82) is 0 Å². The lowest BCUT2D eigenvalue weighted by atomic mass is 9.55. The number of nitro benzene ring substituents is 1. The number of ether oxygens (including phenoxy) is 3. The number of aliphatic hydroxyl groups is 2. The molecule has 68 heavy (non-hydrogen) atoms. The maximum absolute atomic E-state index is 14.9. The van der Waals surface area contributed by atoms with Gasteiger partial charge in [0, 0.05) is 49.8 Å². The van der Waals surface area contributed by atoms with Gasteiger partial charge in [-0.15, -0.1) is 6.58 Å². The Hall–Kier alpha value is -5.31. The Morgan fingerprint density at radius 3 is 2.24 bits per heavy atom. The predicted octanol–water partition coefficient (Wildman–Crippen LogP) is 11.8. The lowest BCUT2D eigenvalue weighted by molar-refractivity contribution is -0.384. The number of aromatic hydroxyl groups is 1. The van der Waals surface area contributed by atoms with Gasteiger partial charge in [0.1, 0.15) is 30.0 Å². The summed E-state index contributed by atoms with van der Waals surface area (Å²) in [4.78, 5) is 33.6. The third-order valence-corrected chi connectivity index (χ3v) is 13.8. The first-order chi connectivity index (χ1) is 33.1. The van der Waals surface area contributed by atoms with E-state index in [2.05, 4.69) is 19.6 Å². The fourth-order valence-corrected chi connectivity index (χ4v) is 10.5. The van der Waals surface area contributed by atoms with E-state index in [-0.39, 0.29) is 75.2 Å². The number of aliphatic hydroxyl groups excluding tert-OH is 2. The molecule has 6 unspecified atom stereocenters. The third-order valence-electron chi connectivity index (χ3n) is 13.8. The molecular formula is C54H72FN3O10. The van der Waals surface area contributed by atoms with Crippen LogP contribution in [0.1, 0.15) is 139 Å². The standard InChI is InChI=1S/C54H72FN3O10/c1-3-5-6-7-8-9-10-11-12-17-33-65-53(62)57(37-39-20-24-42(55)25-21-39)50-36-48(56-67-38-40-22-26-43(27-23-40)58(63)64)46-34-41(18-13-15-30-59)45(19-14-16-31-60)51-47-35-44(61)28-29-49(47)68-54(50,52(46)51)66-32-4-2/h4,20-29,34-35,41,45,50-52,59-61H,2-3,5-19,30-33,36-38H2,1H3. The molecule has 1 aliphatic heterocycles. The van der Waals surface area contributed by atoms with Gasteiger partial charge < -0.3 is 34.4 Å². The summed E-state index contributed by atoms with van der Waals surface area (Å²) in [7, 11) is 0. The van der Waals surface area contributed by atoms with Crippen LogP contribution in [0.3, 0.4) is 0 Å². The Morgan fingerprint density at radius 2 is 1.57 bits per heavy atom. The van der Waals surface area contributed by atoms with Gasteiger partial charge in [0.25, 0.3) is 5.69 Å². The second-order valence-corrected chi connectivity index (χ2v) is 18.5. The van der Waals surface area contributed by atoms with Crippen LogP contribution in [0.2, 0.25) is 0 Å². The Balaban J connectivity index is 1.44. The van der Waals surface area contributed by atoms with E-state index in [0.717, 1.165) is 56.1 Å². The molecular weight excluding hydrogens is 870 g/mol. The second-order valence-electron chi connectivity index (χ2n) is 18.5. The molecule has 0 bridgehead atoms. The second kappa shape index (κ2) is 26.4. The molecule has 3 aromatic rings. The average molecular weight is 942 g/mol. The molecule has 3 aromatic carbocycles. The number of benzene rings is 3. The number of nitro groups is 1. The summed E-state index contributed by atoms with van der Waals surface area (Å²) in [5, 5.41) is 47.2. The van der Waals surface area contributed by atoms with Crippen molar-refractivity contribution in [2.75, 3.05) is 26.4 Å². The number of hydrogen-bond donors (Lipinski definition) is 3. The summed E-state index contributed by atoms with van der Waals surface area (Å²) in [6.45, 7) is 6.59. The van der Waals surface area contributed by atoms with E-state index >= 15 is 0 Å². The van der Waals surface area contributed by atoms with Gasteiger partial charge in [-0.05, 0) is 103 Å². The molecule has 1 fully saturated rings. The summed E-state index contributed by atoms with van der Waals surface area (Å²) in [6.07, 6.45) is 18.8. The van der Waals surface area contributed by atoms with Gasteiger partial charge in [0.2, 0.25) is 5.79 Å². The first-order valence-corrected chi connectivity index (χ1v) is 24.9. The molecule has 6 atom stereocenters. The molecule has 1 saturated carbocycles. The van der Waals surface area contributed by atoms with Crippen molar-refractivity contribution in [3.8, 4) is 11.5 Å². The van der Waals surface area contributed by atoms with Crippen molar-refractivity contribution < 1.29 is 48.5 Å². The summed E-state index contributed by atoms with van der Waals surface area (Å²) in [5.41, 5.74) is 3.40. The van der Waals surface area contributed by atoms with E-state index in [1.165, 1.54) is 62.8 Å². The molecule has 13 nitrogen and oxygen atoms in total. The minimum atomic E-state index is -1.58. The van der Waals surface area contributed by atoms with Gasteiger partial charge in [-0.3, -0.25) is 15.0 Å². The zero-order chi connectivity index (χ0) is 48.3. The van der Waals surface area contributed by atoms with E-state index in [9.17, 15) is 34.6 Å². The van der Waals surface area contributed by atoms with Gasteiger partial charge >= 0.3 is 6.09 Å². The fraction of sp³-hybridized carbons (Fsp3) is 0.556. The Kier molecular flexibility index (Phi) is 20.3. The van der Waals surface area contributed by atoms with E-state index in [0.29, 0.717) is 41.9 Å². The first kappa shape index (κ1) is 52.1. The number of amides is 1. The maximum atomic E-state index is 14.9. The smallest absolute Gasteiger partial charge is 0.410 e. The monoisotopic (exact) mass is 942 g/mol. The Morgan fingerprint density at radius 1 is 0.912 bits per heavy atom. The number of fused-ring (bicyclic) bond motifs is 2. The number of oxime groups is 1. The molecule has 0 aromatic heterocycles. The van der Waals surface area contributed by atoms with Gasteiger partial charge in [-0.1, -0.05) is 107 Å². The van der Waals surface area contributed by atoms with Gasteiger partial charge in [0.15, 0.2) is 0 Å². The van der Waals surface area contributed by atoms with Crippen LogP contribution < -0.4 is 4.74 Å². The lowest BCUT2D eigenvalue weighted by Gasteiger charge is -2.59. The Labute approximate surface area is 401 Å². The number of nitrogens with zero attached hydrogens (tertiary/aromatic N) is 3. The molecule has 3 aliphatic rings. The number of carbonyl (C=O) groups excluding carboxylic acids is 1. The van der Waals surface area contributed by atoms with Gasteiger partial charge in [-0.2, -0.15) is 0 Å². The van der Waals surface area contributed by atoms with E-state index in [1.54, 1.807) is 53.4 Å². The first-order valence-electron chi connectivity index (χ1n) is 24.9. The van der Waals surface area contributed by atoms with Gasteiger partial charge in [-0.25, -0.2) is 9.18 Å². The molecule has 14 heteroatoms. The quantitative estimate of drug-likeness (QED) is 0.0263. The van der Waals surface area contributed by atoms with Crippen molar-refractivity contribution in [2.45, 2.75) is 147 Å². The number of rotatable bonds is 29. The average Bonchev–Trinajstić information content (AvgIpc) is 3.34. The minimum absolute atomic E-state index is 0.00273. The number of hydrogen-bond acceptors (Lipinski definition) is 11. The molecule has 370 valence electrons. The zero-order valence-electron chi connectivity index (χ0n) is 39.8. The molecule has 2 aliphatic carbocycles. The van der Waals surface area contributed by atoms with Crippen molar-refractivity contribution >= 4 is 17.5 Å². The predicted molar refractivity (Wildman–Crippen MR) is 260 cm³/mol. The molecule has 0 saturated heterocycles.